The molecule has 1 amide bonds. The molecule has 6 heteroatoms. The van der Waals surface area contributed by atoms with Crippen LogP contribution in [0.3, 0.4) is 0 Å². The Morgan fingerprint density at radius 3 is 2.82 bits per heavy atom. The zero-order valence-electron chi connectivity index (χ0n) is 9.44. The van der Waals surface area contributed by atoms with E-state index in [1.807, 2.05) is 6.92 Å². The summed E-state index contributed by atoms with van der Waals surface area (Å²) >= 11 is 3.32. The van der Waals surface area contributed by atoms with Crippen LogP contribution in [0.2, 0.25) is 0 Å². The third kappa shape index (κ3) is 2.71. The van der Waals surface area contributed by atoms with Crippen molar-refractivity contribution in [2.24, 2.45) is 7.05 Å². The summed E-state index contributed by atoms with van der Waals surface area (Å²) in [5.41, 5.74) is 1.31. The van der Waals surface area contributed by atoms with Gasteiger partial charge in [-0.3, -0.25) is 9.48 Å². The summed E-state index contributed by atoms with van der Waals surface area (Å²) in [4.78, 5) is 16.0. The number of halogens is 1. The normalized spacial score (nSPS) is 10.3. The molecular weight excluding hydrogens is 284 g/mol. The Morgan fingerprint density at radius 1 is 1.47 bits per heavy atom. The molecule has 0 fully saturated rings. The fraction of sp³-hybridized carbons (Fsp3) is 0.182. The highest BCUT2D eigenvalue weighted by atomic mass is 79.9. The molecule has 0 saturated carbocycles. The van der Waals surface area contributed by atoms with Gasteiger partial charge >= 0.3 is 0 Å². The third-order valence-corrected chi connectivity index (χ3v) is 2.69. The molecule has 88 valence electrons. The second-order valence-corrected chi connectivity index (χ2v) is 4.52. The summed E-state index contributed by atoms with van der Waals surface area (Å²) in [6.07, 6.45) is 1.62. The van der Waals surface area contributed by atoms with Gasteiger partial charge < -0.3 is 5.32 Å². The van der Waals surface area contributed by atoms with E-state index in [0.717, 1.165) is 10.2 Å². The van der Waals surface area contributed by atoms with Gasteiger partial charge in [-0.1, -0.05) is 15.9 Å². The van der Waals surface area contributed by atoms with Gasteiger partial charge in [0.25, 0.3) is 5.91 Å². The molecule has 0 radical (unpaired) electrons. The maximum Gasteiger partial charge on any atom is 0.275 e. The number of nitrogens with zero attached hydrogens (tertiary/aromatic N) is 3. The molecule has 17 heavy (non-hydrogen) atoms. The topological polar surface area (TPSA) is 59.8 Å². The smallest absolute Gasteiger partial charge is 0.275 e. The first-order valence-electron chi connectivity index (χ1n) is 5.00. The molecule has 0 aromatic carbocycles. The lowest BCUT2D eigenvalue weighted by atomic mass is 10.3. The van der Waals surface area contributed by atoms with Gasteiger partial charge in [0.15, 0.2) is 0 Å². The third-order valence-electron chi connectivity index (χ3n) is 2.20. The average Bonchev–Trinajstić information content (AvgIpc) is 2.58. The van der Waals surface area contributed by atoms with Crippen molar-refractivity contribution in [3.05, 3.63) is 40.3 Å². The van der Waals surface area contributed by atoms with E-state index in [1.54, 1.807) is 36.1 Å². The summed E-state index contributed by atoms with van der Waals surface area (Å²) in [6.45, 7) is 1.84. The van der Waals surface area contributed by atoms with Crippen LogP contribution in [0.15, 0.2) is 28.9 Å². The molecule has 0 saturated heterocycles. The van der Waals surface area contributed by atoms with Crippen molar-refractivity contribution < 1.29 is 4.79 Å². The zero-order chi connectivity index (χ0) is 12.4. The largest absolute Gasteiger partial charge is 0.305 e. The van der Waals surface area contributed by atoms with Crippen LogP contribution in [0.5, 0.6) is 0 Å². The molecule has 0 aliphatic rings. The highest BCUT2D eigenvalue weighted by Crippen LogP contribution is 2.13. The minimum absolute atomic E-state index is 0.223. The molecule has 5 nitrogen and oxygen atoms in total. The van der Waals surface area contributed by atoms with Crippen molar-refractivity contribution >= 4 is 27.7 Å². The van der Waals surface area contributed by atoms with Crippen LogP contribution in [-0.2, 0) is 7.05 Å². The fourth-order valence-electron chi connectivity index (χ4n) is 1.48. The van der Waals surface area contributed by atoms with Crippen molar-refractivity contribution in [2.45, 2.75) is 6.92 Å². The van der Waals surface area contributed by atoms with Gasteiger partial charge in [0, 0.05) is 17.7 Å². The number of anilines is 1. The minimum Gasteiger partial charge on any atom is -0.305 e. The van der Waals surface area contributed by atoms with Gasteiger partial charge in [-0.2, -0.15) is 5.10 Å². The quantitative estimate of drug-likeness (QED) is 0.923. The lowest BCUT2D eigenvalue weighted by Gasteiger charge is -2.04. The summed E-state index contributed by atoms with van der Waals surface area (Å²) in [7, 11) is 1.73. The van der Waals surface area contributed by atoms with E-state index < -0.39 is 0 Å². The first-order chi connectivity index (χ1) is 8.06. The van der Waals surface area contributed by atoms with Crippen molar-refractivity contribution in [1.82, 2.24) is 14.8 Å². The maximum absolute atomic E-state index is 11.9. The monoisotopic (exact) mass is 294 g/mol. The van der Waals surface area contributed by atoms with Gasteiger partial charge in [0.05, 0.1) is 5.69 Å². The molecule has 0 aliphatic carbocycles. The van der Waals surface area contributed by atoms with Gasteiger partial charge in [0.2, 0.25) is 0 Å². The molecule has 2 heterocycles. The maximum atomic E-state index is 11.9. The number of aromatic nitrogens is 3. The first-order valence-corrected chi connectivity index (χ1v) is 5.79. The number of carbonyl (C=O) groups is 1. The molecule has 2 rings (SSSR count). The average molecular weight is 295 g/mol. The number of rotatable bonds is 2. The Kier molecular flexibility index (Phi) is 3.23. The summed E-state index contributed by atoms with van der Waals surface area (Å²) < 4.78 is 2.41. The number of carbonyl (C=O) groups excluding carboxylic acids is 1. The fourth-order valence-corrected chi connectivity index (χ4v) is 1.81. The Hall–Kier alpha value is -1.69. The number of nitrogens with one attached hydrogen (secondary N) is 1. The first kappa shape index (κ1) is 11.8. The van der Waals surface area contributed by atoms with E-state index >= 15 is 0 Å². The zero-order valence-corrected chi connectivity index (χ0v) is 11.0. The van der Waals surface area contributed by atoms with Crippen molar-refractivity contribution in [2.75, 3.05) is 5.32 Å². The molecule has 0 unspecified atom stereocenters. The Labute approximate surface area is 107 Å². The number of amides is 1. The standard InChI is InChI=1S/C11H11BrN4O/c1-7-5-9(16(2)15-7)11(17)14-10-6-8(12)3-4-13-10/h3-6H,1-2H3,(H,13,14,17). The molecule has 0 aliphatic heterocycles. The Bertz CT molecular complexity index is 564. The van der Waals surface area contributed by atoms with E-state index in [2.05, 4.69) is 31.3 Å². The lowest BCUT2D eigenvalue weighted by molar-refractivity contribution is 0.101. The Balaban J connectivity index is 2.20. The van der Waals surface area contributed by atoms with Gasteiger partial charge in [-0.15, -0.1) is 0 Å². The Morgan fingerprint density at radius 2 is 2.24 bits per heavy atom. The van der Waals surface area contributed by atoms with Crippen LogP contribution in [0.1, 0.15) is 16.2 Å². The molecule has 1 N–H and O–H groups in total. The minimum atomic E-state index is -0.223. The summed E-state index contributed by atoms with van der Waals surface area (Å²) in [6, 6.07) is 5.26. The number of pyridine rings is 1. The molecule has 0 atom stereocenters. The van der Waals surface area contributed by atoms with E-state index in [0.29, 0.717) is 11.5 Å². The molecule has 2 aromatic rings. The van der Waals surface area contributed by atoms with E-state index in [1.165, 1.54) is 0 Å². The van der Waals surface area contributed by atoms with Crippen molar-refractivity contribution in [3.8, 4) is 0 Å². The summed E-state index contributed by atoms with van der Waals surface area (Å²) in [5.74, 6) is 0.280. The predicted molar refractivity (Wildman–Crippen MR) is 67.8 cm³/mol. The highest BCUT2D eigenvalue weighted by Gasteiger charge is 2.12. The van der Waals surface area contributed by atoms with Crippen LogP contribution in [0, 0.1) is 6.92 Å². The van der Waals surface area contributed by atoms with Crippen molar-refractivity contribution in [1.29, 1.82) is 0 Å². The van der Waals surface area contributed by atoms with E-state index in [-0.39, 0.29) is 5.91 Å². The van der Waals surface area contributed by atoms with E-state index in [4.69, 9.17) is 0 Å². The van der Waals surface area contributed by atoms with Crippen LogP contribution >= 0.6 is 15.9 Å². The van der Waals surface area contributed by atoms with E-state index in [9.17, 15) is 4.79 Å². The molecular formula is C11H11BrN4O. The molecule has 2 aromatic heterocycles. The van der Waals surface area contributed by atoms with Crippen LogP contribution in [-0.4, -0.2) is 20.7 Å². The molecule has 0 bridgehead atoms. The van der Waals surface area contributed by atoms with Crippen LogP contribution in [0.4, 0.5) is 5.82 Å². The van der Waals surface area contributed by atoms with Crippen LogP contribution < -0.4 is 5.32 Å². The van der Waals surface area contributed by atoms with Gasteiger partial charge in [0.1, 0.15) is 11.5 Å². The van der Waals surface area contributed by atoms with Crippen molar-refractivity contribution in [3.63, 3.8) is 0 Å². The highest BCUT2D eigenvalue weighted by molar-refractivity contribution is 9.10. The number of hydrogen-bond donors (Lipinski definition) is 1. The summed E-state index contributed by atoms with van der Waals surface area (Å²) in [5, 5.41) is 6.83. The number of aryl methyl sites for hydroxylation is 2. The van der Waals surface area contributed by atoms with Gasteiger partial charge in [-0.25, -0.2) is 4.98 Å². The second kappa shape index (κ2) is 4.67. The van der Waals surface area contributed by atoms with Crippen LogP contribution in [0.25, 0.3) is 0 Å². The SMILES string of the molecule is Cc1cc(C(=O)Nc2cc(Br)ccn2)n(C)n1. The predicted octanol–water partition coefficient (Wildman–Crippen LogP) is 2.14. The molecule has 0 spiro atoms. The lowest BCUT2D eigenvalue weighted by Crippen LogP contribution is -2.16. The van der Waals surface area contributed by atoms with Gasteiger partial charge in [-0.05, 0) is 25.1 Å². The number of hydrogen-bond acceptors (Lipinski definition) is 3. The second-order valence-electron chi connectivity index (χ2n) is 3.61.